The van der Waals surface area contributed by atoms with E-state index in [4.69, 9.17) is 11.6 Å². The van der Waals surface area contributed by atoms with Crippen molar-refractivity contribution >= 4 is 17.3 Å². The first-order chi connectivity index (χ1) is 10.2. The van der Waals surface area contributed by atoms with Crippen molar-refractivity contribution in [2.24, 2.45) is 0 Å². The number of nitrogens with one attached hydrogen (secondary N) is 1. The van der Waals surface area contributed by atoms with E-state index in [1.807, 2.05) is 18.2 Å². The van der Waals surface area contributed by atoms with Crippen LogP contribution in [0.25, 0.3) is 0 Å². The quantitative estimate of drug-likeness (QED) is 0.599. The minimum absolute atomic E-state index is 0.150. The molecule has 1 unspecified atom stereocenters. The number of halogens is 2. The van der Waals surface area contributed by atoms with Crippen molar-refractivity contribution in [3.8, 4) is 0 Å². The SMILES string of the molecule is CCCCCC(Nc1cc(F)ccc1Cl)c1ccccc1. The normalized spacial score (nSPS) is 12.1. The van der Waals surface area contributed by atoms with Crippen LogP contribution in [0, 0.1) is 5.82 Å². The van der Waals surface area contributed by atoms with E-state index in [9.17, 15) is 4.39 Å². The lowest BCUT2D eigenvalue weighted by atomic mass is 10.00. The molecule has 0 bridgehead atoms. The molecule has 0 saturated heterocycles. The zero-order chi connectivity index (χ0) is 15.1. The maximum Gasteiger partial charge on any atom is 0.125 e. The molecule has 0 saturated carbocycles. The zero-order valence-electron chi connectivity index (χ0n) is 12.3. The number of benzene rings is 2. The van der Waals surface area contributed by atoms with Crippen molar-refractivity contribution in [1.82, 2.24) is 0 Å². The molecule has 0 radical (unpaired) electrons. The van der Waals surface area contributed by atoms with E-state index in [-0.39, 0.29) is 11.9 Å². The summed E-state index contributed by atoms with van der Waals surface area (Å²) in [7, 11) is 0. The first-order valence-electron chi connectivity index (χ1n) is 7.47. The Morgan fingerprint density at radius 1 is 1.10 bits per heavy atom. The van der Waals surface area contributed by atoms with Gasteiger partial charge in [0.05, 0.1) is 16.8 Å². The summed E-state index contributed by atoms with van der Waals surface area (Å²) in [6, 6.07) is 14.8. The second-order valence-corrected chi connectivity index (χ2v) is 5.63. The summed E-state index contributed by atoms with van der Waals surface area (Å²) in [5, 5.41) is 3.94. The number of hydrogen-bond acceptors (Lipinski definition) is 1. The molecule has 0 aromatic heterocycles. The summed E-state index contributed by atoms with van der Waals surface area (Å²) in [6.07, 6.45) is 4.52. The lowest BCUT2D eigenvalue weighted by Crippen LogP contribution is -2.11. The van der Waals surface area contributed by atoms with Gasteiger partial charge in [-0.3, -0.25) is 0 Å². The Bertz CT molecular complexity index is 556. The first kappa shape index (κ1) is 15.8. The molecule has 0 amide bonds. The highest BCUT2D eigenvalue weighted by atomic mass is 35.5. The van der Waals surface area contributed by atoms with Crippen molar-refractivity contribution in [3.63, 3.8) is 0 Å². The highest BCUT2D eigenvalue weighted by molar-refractivity contribution is 6.33. The van der Waals surface area contributed by atoms with Crippen LogP contribution in [0.3, 0.4) is 0 Å². The molecule has 2 aromatic rings. The van der Waals surface area contributed by atoms with Gasteiger partial charge in [0.1, 0.15) is 5.82 Å². The molecule has 2 aromatic carbocycles. The molecule has 1 atom stereocenters. The summed E-state index contributed by atoms with van der Waals surface area (Å²) in [4.78, 5) is 0. The van der Waals surface area contributed by atoms with Crippen LogP contribution in [0.4, 0.5) is 10.1 Å². The zero-order valence-corrected chi connectivity index (χ0v) is 13.0. The van der Waals surface area contributed by atoms with Crippen LogP contribution in [-0.4, -0.2) is 0 Å². The molecule has 0 heterocycles. The van der Waals surface area contributed by atoms with E-state index < -0.39 is 0 Å². The van der Waals surface area contributed by atoms with Gasteiger partial charge in [0, 0.05) is 0 Å². The summed E-state index contributed by atoms with van der Waals surface area (Å²) in [5.41, 5.74) is 1.86. The van der Waals surface area contributed by atoms with Gasteiger partial charge in [-0.05, 0) is 30.2 Å². The van der Waals surface area contributed by atoms with E-state index in [1.165, 1.54) is 30.5 Å². The van der Waals surface area contributed by atoms with Crippen LogP contribution < -0.4 is 5.32 Å². The van der Waals surface area contributed by atoms with Gasteiger partial charge in [-0.1, -0.05) is 68.1 Å². The largest absolute Gasteiger partial charge is 0.377 e. The second kappa shape index (κ2) is 8.04. The fourth-order valence-electron chi connectivity index (χ4n) is 2.40. The third kappa shape index (κ3) is 4.75. The molecule has 2 rings (SSSR count). The van der Waals surface area contributed by atoms with Crippen LogP contribution >= 0.6 is 11.6 Å². The Labute approximate surface area is 131 Å². The maximum absolute atomic E-state index is 13.4. The molecule has 0 spiro atoms. The van der Waals surface area contributed by atoms with Crippen molar-refractivity contribution in [1.29, 1.82) is 0 Å². The molecular formula is C18H21ClFN. The number of anilines is 1. The highest BCUT2D eigenvalue weighted by Gasteiger charge is 2.13. The topological polar surface area (TPSA) is 12.0 Å². The van der Waals surface area contributed by atoms with E-state index in [0.29, 0.717) is 10.7 Å². The van der Waals surface area contributed by atoms with Crippen molar-refractivity contribution in [2.75, 3.05) is 5.32 Å². The van der Waals surface area contributed by atoms with Crippen molar-refractivity contribution in [3.05, 3.63) is 64.9 Å². The average Bonchev–Trinajstić information content (AvgIpc) is 2.51. The number of unbranched alkanes of at least 4 members (excludes halogenated alkanes) is 2. The Kier molecular flexibility index (Phi) is 6.06. The van der Waals surface area contributed by atoms with Crippen LogP contribution in [0.15, 0.2) is 48.5 Å². The Hall–Kier alpha value is -1.54. The molecule has 3 heteroatoms. The van der Waals surface area contributed by atoms with Gasteiger partial charge in [-0.15, -0.1) is 0 Å². The maximum atomic E-state index is 13.4. The van der Waals surface area contributed by atoms with E-state index in [1.54, 1.807) is 6.07 Å². The average molecular weight is 306 g/mol. The van der Waals surface area contributed by atoms with Gasteiger partial charge in [0.2, 0.25) is 0 Å². The van der Waals surface area contributed by atoms with E-state index >= 15 is 0 Å². The van der Waals surface area contributed by atoms with Crippen LogP contribution in [-0.2, 0) is 0 Å². The molecule has 0 aliphatic rings. The molecule has 0 fully saturated rings. The van der Waals surface area contributed by atoms with E-state index in [2.05, 4.69) is 24.4 Å². The summed E-state index contributed by atoms with van der Waals surface area (Å²) in [6.45, 7) is 2.19. The number of hydrogen-bond donors (Lipinski definition) is 1. The smallest absolute Gasteiger partial charge is 0.125 e. The predicted octanol–water partition coefficient (Wildman–Crippen LogP) is 6.21. The molecular weight excluding hydrogens is 285 g/mol. The van der Waals surface area contributed by atoms with Crippen molar-refractivity contribution in [2.45, 2.75) is 38.6 Å². The van der Waals surface area contributed by atoms with Gasteiger partial charge < -0.3 is 5.32 Å². The molecule has 0 aliphatic carbocycles. The van der Waals surface area contributed by atoms with E-state index in [0.717, 1.165) is 12.8 Å². The molecule has 1 nitrogen and oxygen atoms in total. The molecule has 21 heavy (non-hydrogen) atoms. The van der Waals surface area contributed by atoms with Gasteiger partial charge in [0.15, 0.2) is 0 Å². The molecule has 0 aliphatic heterocycles. The highest BCUT2D eigenvalue weighted by Crippen LogP contribution is 2.29. The minimum atomic E-state index is -0.276. The summed E-state index contributed by atoms with van der Waals surface area (Å²) in [5.74, 6) is -0.276. The minimum Gasteiger partial charge on any atom is -0.377 e. The molecule has 112 valence electrons. The van der Waals surface area contributed by atoms with Gasteiger partial charge in [0.25, 0.3) is 0 Å². The third-order valence-corrected chi connectivity index (χ3v) is 3.89. The Balaban J connectivity index is 2.17. The third-order valence-electron chi connectivity index (χ3n) is 3.56. The Morgan fingerprint density at radius 3 is 2.57 bits per heavy atom. The van der Waals surface area contributed by atoms with Crippen LogP contribution in [0.1, 0.15) is 44.2 Å². The summed E-state index contributed by atoms with van der Waals surface area (Å²) >= 11 is 6.16. The fourth-order valence-corrected chi connectivity index (χ4v) is 2.57. The fraction of sp³-hybridized carbons (Fsp3) is 0.333. The predicted molar refractivity (Wildman–Crippen MR) is 88.4 cm³/mol. The Morgan fingerprint density at radius 2 is 1.86 bits per heavy atom. The monoisotopic (exact) mass is 305 g/mol. The van der Waals surface area contributed by atoms with Gasteiger partial charge in [-0.2, -0.15) is 0 Å². The lowest BCUT2D eigenvalue weighted by molar-refractivity contribution is 0.603. The van der Waals surface area contributed by atoms with Gasteiger partial charge in [-0.25, -0.2) is 4.39 Å². The standard InChI is InChI=1S/C18H21ClFN/c1-2-3-5-10-17(14-8-6-4-7-9-14)21-18-13-15(20)11-12-16(18)19/h4,6-9,11-13,17,21H,2-3,5,10H2,1H3. The van der Waals surface area contributed by atoms with Crippen LogP contribution in [0.5, 0.6) is 0 Å². The van der Waals surface area contributed by atoms with Crippen molar-refractivity contribution < 1.29 is 4.39 Å². The van der Waals surface area contributed by atoms with Crippen LogP contribution in [0.2, 0.25) is 5.02 Å². The second-order valence-electron chi connectivity index (χ2n) is 5.23. The molecule has 1 N–H and O–H groups in total. The van der Waals surface area contributed by atoms with Gasteiger partial charge >= 0.3 is 0 Å². The lowest BCUT2D eigenvalue weighted by Gasteiger charge is -2.21. The number of rotatable bonds is 7. The first-order valence-corrected chi connectivity index (χ1v) is 7.85. The summed E-state index contributed by atoms with van der Waals surface area (Å²) < 4.78 is 13.4.